The average Bonchev–Trinajstić information content (AvgIpc) is 2.42. The number of hydrogen-bond donors (Lipinski definition) is 1. The summed E-state index contributed by atoms with van der Waals surface area (Å²) in [6, 6.07) is 4.53. The fraction of sp³-hybridized carbons (Fsp3) is 0.688. The fourth-order valence-corrected chi connectivity index (χ4v) is 3.17. The molecular formula is C16H27N3O. The van der Waals surface area contributed by atoms with Gasteiger partial charge in [0.1, 0.15) is 0 Å². The highest BCUT2D eigenvalue weighted by Crippen LogP contribution is 2.24. The minimum atomic E-state index is 0.0694. The number of nitrogens with zero attached hydrogens (tertiary/aromatic N) is 3. The summed E-state index contributed by atoms with van der Waals surface area (Å²) < 4.78 is 0. The van der Waals surface area contributed by atoms with Gasteiger partial charge in [-0.05, 0) is 24.5 Å². The molecule has 20 heavy (non-hydrogen) atoms. The normalized spacial score (nSPS) is 23.1. The topological polar surface area (TPSA) is 39.6 Å². The van der Waals surface area contributed by atoms with Crippen LogP contribution in [0.4, 0.5) is 0 Å². The Morgan fingerprint density at radius 3 is 2.75 bits per heavy atom. The minimum Gasteiger partial charge on any atom is -0.394 e. The first kappa shape index (κ1) is 15.4. The Balaban J connectivity index is 2.02. The van der Waals surface area contributed by atoms with Gasteiger partial charge in [0.15, 0.2) is 0 Å². The molecule has 112 valence electrons. The number of aliphatic hydroxyl groups is 1. The Bertz CT molecular complexity index is 396. The van der Waals surface area contributed by atoms with Crippen LogP contribution < -0.4 is 0 Å². The first-order valence-electron chi connectivity index (χ1n) is 7.60. The lowest BCUT2D eigenvalue weighted by Crippen LogP contribution is -2.54. The number of pyridine rings is 1. The molecule has 0 amide bonds. The van der Waals surface area contributed by atoms with Crippen molar-refractivity contribution in [2.45, 2.75) is 32.9 Å². The van der Waals surface area contributed by atoms with Crippen molar-refractivity contribution in [3.05, 3.63) is 30.1 Å². The number of aliphatic hydroxyl groups excluding tert-OH is 1. The molecule has 2 rings (SSSR count). The lowest BCUT2D eigenvalue weighted by Gasteiger charge is -2.44. The molecule has 0 aromatic carbocycles. The van der Waals surface area contributed by atoms with Crippen LogP contribution in [0.25, 0.3) is 0 Å². The number of hydrogen-bond acceptors (Lipinski definition) is 4. The van der Waals surface area contributed by atoms with Crippen LogP contribution in [0.2, 0.25) is 0 Å². The zero-order valence-corrected chi connectivity index (χ0v) is 12.9. The Labute approximate surface area is 122 Å². The van der Waals surface area contributed by atoms with Gasteiger partial charge in [0, 0.05) is 44.6 Å². The van der Waals surface area contributed by atoms with E-state index in [9.17, 15) is 5.11 Å². The molecule has 0 bridgehead atoms. The molecule has 1 aromatic rings. The SMILES string of the molecule is CC(C)CN1CCN(C(CO)c2cccnc2)C(C)C1. The molecule has 0 radical (unpaired) electrons. The molecule has 1 fully saturated rings. The Kier molecular flexibility index (Phi) is 5.52. The maximum Gasteiger partial charge on any atom is 0.0629 e. The lowest BCUT2D eigenvalue weighted by molar-refractivity contribution is 0.0214. The van der Waals surface area contributed by atoms with Gasteiger partial charge in [0.2, 0.25) is 0 Å². The van der Waals surface area contributed by atoms with Gasteiger partial charge in [0.25, 0.3) is 0 Å². The Hall–Kier alpha value is -0.970. The molecule has 1 saturated heterocycles. The van der Waals surface area contributed by atoms with Crippen molar-refractivity contribution in [3.8, 4) is 0 Å². The molecular weight excluding hydrogens is 250 g/mol. The van der Waals surface area contributed by atoms with Gasteiger partial charge < -0.3 is 10.0 Å². The van der Waals surface area contributed by atoms with Crippen molar-refractivity contribution in [2.75, 3.05) is 32.8 Å². The molecule has 4 heteroatoms. The largest absolute Gasteiger partial charge is 0.394 e. The zero-order valence-electron chi connectivity index (χ0n) is 12.9. The van der Waals surface area contributed by atoms with Crippen LogP contribution >= 0.6 is 0 Å². The molecule has 1 aromatic heterocycles. The molecule has 2 atom stereocenters. The van der Waals surface area contributed by atoms with Crippen molar-refractivity contribution >= 4 is 0 Å². The fourth-order valence-electron chi connectivity index (χ4n) is 3.17. The van der Waals surface area contributed by atoms with E-state index < -0.39 is 0 Å². The summed E-state index contributed by atoms with van der Waals surface area (Å²) in [6.45, 7) is 11.3. The molecule has 1 N–H and O–H groups in total. The predicted molar refractivity (Wildman–Crippen MR) is 81.5 cm³/mol. The van der Waals surface area contributed by atoms with Crippen molar-refractivity contribution in [1.29, 1.82) is 0 Å². The first-order chi connectivity index (χ1) is 9.61. The average molecular weight is 277 g/mol. The van der Waals surface area contributed by atoms with Crippen LogP contribution in [-0.2, 0) is 0 Å². The summed E-state index contributed by atoms with van der Waals surface area (Å²) >= 11 is 0. The maximum absolute atomic E-state index is 9.78. The van der Waals surface area contributed by atoms with Crippen LogP contribution in [0.5, 0.6) is 0 Å². The van der Waals surface area contributed by atoms with E-state index in [1.165, 1.54) is 0 Å². The van der Waals surface area contributed by atoms with Crippen molar-refractivity contribution in [1.82, 2.24) is 14.8 Å². The molecule has 0 spiro atoms. The van der Waals surface area contributed by atoms with Gasteiger partial charge in [-0.15, -0.1) is 0 Å². The van der Waals surface area contributed by atoms with E-state index in [0.717, 1.165) is 31.7 Å². The summed E-state index contributed by atoms with van der Waals surface area (Å²) in [5.41, 5.74) is 1.11. The zero-order chi connectivity index (χ0) is 14.5. The summed E-state index contributed by atoms with van der Waals surface area (Å²) in [6.07, 6.45) is 3.65. The third kappa shape index (κ3) is 3.78. The molecule has 1 aliphatic heterocycles. The van der Waals surface area contributed by atoms with Crippen molar-refractivity contribution in [3.63, 3.8) is 0 Å². The van der Waals surface area contributed by atoms with E-state index in [1.807, 2.05) is 12.3 Å². The minimum absolute atomic E-state index is 0.0694. The molecule has 4 nitrogen and oxygen atoms in total. The van der Waals surface area contributed by atoms with Gasteiger partial charge in [-0.25, -0.2) is 0 Å². The van der Waals surface area contributed by atoms with E-state index in [2.05, 4.69) is 41.6 Å². The Morgan fingerprint density at radius 2 is 2.20 bits per heavy atom. The number of rotatable bonds is 5. The highest BCUT2D eigenvalue weighted by Gasteiger charge is 2.30. The van der Waals surface area contributed by atoms with E-state index >= 15 is 0 Å². The van der Waals surface area contributed by atoms with E-state index in [0.29, 0.717) is 12.0 Å². The number of piperazine rings is 1. The van der Waals surface area contributed by atoms with Crippen molar-refractivity contribution in [2.24, 2.45) is 5.92 Å². The Morgan fingerprint density at radius 1 is 1.40 bits per heavy atom. The molecule has 2 heterocycles. The van der Waals surface area contributed by atoms with Crippen LogP contribution in [0.15, 0.2) is 24.5 Å². The predicted octanol–water partition coefficient (Wildman–Crippen LogP) is 1.78. The second-order valence-electron chi connectivity index (χ2n) is 6.23. The van der Waals surface area contributed by atoms with Gasteiger partial charge in [-0.2, -0.15) is 0 Å². The van der Waals surface area contributed by atoms with Crippen LogP contribution in [0.1, 0.15) is 32.4 Å². The highest BCUT2D eigenvalue weighted by molar-refractivity contribution is 5.15. The number of aromatic nitrogens is 1. The van der Waals surface area contributed by atoms with E-state index in [-0.39, 0.29) is 12.6 Å². The monoisotopic (exact) mass is 277 g/mol. The second-order valence-corrected chi connectivity index (χ2v) is 6.23. The standard InChI is InChI=1S/C16H27N3O/c1-13(2)10-18-7-8-19(14(3)11-18)16(12-20)15-5-4-6-17-9-15/h4-6,9,13-14,16,20H,7-8,10-12H2,1-3H3. The maximum atomic E-state index is 9.78. The molecule has 1 aliphatic rings. The highest BCUT2D eigenvalue weighted by atomic mass is 16.3. The smallest absolute Gasteiger partial charge is 0.0629 e. The second kappa shape index (κ2) is 7.16. The van der Waals surface area contributed by atoms with Crippen LogP contribution in [-0.4, -0.2) is 58.7 Å². The van der Waals surface area contributed by atoms with Gasteiger partial charge >= 0.3 is 0 Å². The molecule has 2 unspecified atom stereocenters. The first-order valence-corrected chi connectivity index (χ1v) is 7.60. The van der Waals surface area contributed by atoms with Gasteiger partial charge in [-0.3, -0.25) is 9.88 Å². The summed E-state index contributed by atoms with van der Waals surface area (Å²) in [7, 11) is 0. The van der Waals surface area contributed by atoms with Gasteiger partial charge in [-0.1, -0.05) is 19.9 Å². The van der Waals surface area contributed by atoms with Gasteiger partial charge in [0.05, 0.1) is 12.6 Å². The summed E-state index contributed by atoms with van der Waals surface area (Å²) in [5, 5.41) is 9.78. The van der Waals surface area contributed by atoms with Crippen LogP contribution in [0.3, 0.4) is 0 Å². The third-order valence-electron chi connectivity index (χ3n) is 4.03. The summed E-state index contributed by atoms with van der Waals surface area (Å²) in [4.78, 5) is 9.12. The van der Waals surface area contributed by atoms with E-state index in [1.54, 1.807) is 6.20 Å². The molecule has 0 aliphatic carbocycles. The third-order valence-corrected chi connectivity index (χ3v) is 4.03. The van der Waals surface area contributed by atoms with Crippen LogP contribution in [0, 0.1) is 5.92 Å². The van der Waals surface area contributed by atoms with E-state index in [4.69, 9.17) is 0 Å². The summed E-state index contributed by atoms with van der Waals surface area (Å²) in [5.74, 6) is 0.709. The van der Waals surface area contributed by atoms with Crippen molar-refractivity contribution < 1.29 is 5.11 Å². The lowest BCUT2D eigenvalue weighted by atomic mass is 10.0. The quantitative estimate of drug-likeness (QED) is 0.890. The molecule has 0 saturated carbocycles.